The Hall–Kier alpha value is -0.370. The molecule has 4 aliphatic rings. The SMILES string of the molecule is NCCCC(=O)C1C2CC3CC(C2)CC1C3. The van der Waals surface area contributed by atoms with Gasteiger partial charge < -0.3 is 5.73 Å². The van der Waals surface area contributed by atoms with Crippen LogP contribution in [0.3, 0.4) is 0 Å². The second-order valence-corrected chi connectivity index (χ2v) is 6.32. The first kappa shape index (κ1) is 10.8. The molecule has 0 aromatic carbocycles. The summed E-state index contributed by atoms with van der Waals surface area (Å²) in [4.78, 5) is 12.2. The van der Waals surface area contributed by atoms with E-state index in [1.165, 1.54) is 32.1 Å². The van der Waals surface area contributed by atoms with Gasteiger partial charge >= 0.3 is 0 Å². The molecule has 0 saturated heterocycles. The van der Waals surface area contributed by atoms with Gasteiger partial charge in [-0.1, -0.05) is 0 Å². The summed E-state index contributed by atoms with van der Waals surface area (Å²) in [6.45, 7) is 0.666. The lowest BCUT2D eigenvalue weighted by Gasteiger charge is -2.53. The third-order valence-corrected chi connectivity index (χ3v) is 5.23. The van der Waals surface area contributed by atoms with Gasteiger partial charge in [-0.05, 0) is 68.7 Å². The zero-order chi connectivity index (χ0) is 11.1. The molecule has 4 rings (SSSR count). The molecule has 0 amide bonds. The van der Waals surface area contributed by atoms with Crippen molar-refractivity contribution < 1.29 is 4.79 Å². The molecule has 2 nitrogen and oxygen atoms in total. The van der Waals surface area contributed by atoms with E-state index in [2.05, 4.69) is 0 Å². The number of hydrogen-bond donors (Lipinski definition) is 1. The van der Waals surface area contributed by atoms with Gasteiger partial charge in [0.15, 0.2) is 0 Å². The Labute approximate surface area is 98.0 Å². The van der Waals surface area contributed by atoms with Crippen LogP contribution in [0, 0.1) is 29.6 Å². The predicted molar refractivity (Wildman–Crippen MR) is 63.8 cm³/mol. The molecule has 0 aromatic heterocycles. The number of nitrogens with two attached hydrogens (primary N) is 1. The van der Waals surface area contributed by atoms with Crippen LogP contribution in [0.15, 0.2) is 0 Å². The van der Waals surface area contributed by atoms with Gasteiger partial charge in [0.2, 0.25) is 0 Å². The molecule has 2 N–H and O–H groups in total. The van der Waals surface area contributed by atoms with Crippen molar-refractivity contribution in [1.29, 1.82) is 0 Å². The zero-order valence-electron chi connectivity index (χ0n) is 10.0. The second kappa shape index (κ2) is 4.14. The minimum Gasteiger partial charge on any atom is -0.330 e. The molecule has 4 fully saturated rings. The van der Waals surface area contributed by atoms with Crippen LogP contribution in [0.1, 0.15) is 44.9 Å². The second-order valence-electron chi connectivity index (χ2n) is 6.32. The van der Waals surface area contributed by atoms with E-state index in [1.54, 1.807) is 0 Å². The normalized spacial score (nSPS) is 44.9. The quantitative estimate of drug-likeness (QED) is 0.792. The maximum absolute atomic E-state index is 12.2. The van der Waals surface area contributed by atoms with Crippen molar-refractivity contribution in [2.24, 2.45) is 35.3 Å². The van der Waals surface area contributed by atoms with Crippen molar-refractivity contribution in [3.63, 3.8) is 0 Å². The Morgan fingerprint density at radius 1 is 1.00 bits per heavy atom. The van der Waals surface area contributed by atoms with Gasteiger partial charge in [0.05, 0.1) is 0 Å². The predicted octanol–water partition coefficient (Wildman–Crippen LogP) is 2.37. The van der Waals surface area contributed by atoms with Gasteiger partial charge in [0.1, 0.15) is 5.78 Å². The Balaban J connectivity index is 1.69. The van der Waals surface area contributed by atoms with Crippen LogP contribution < -0.4 is 5.73 Å². The van der Waals surface area contributed by atoms with Crippen LogP contribution in [0.5, 0.6) is 0 Å². The molecular weight excluding hydrogens is 198 g/mol. The van der Waals surface area contributed by atoms with Crippen LogP contribution in [-0.4, -0.2) is 12.3 Å². The van der Waals surface area contributed by atoms with Crippen molar-refractivity contribution in [3.05, 3.63) is 0 Å². The van der Waals surface area contributed by atoms with Crippen molar-refractivity contribution in [3.8, 4) is 0 Å². The summed E-state index contributed by atoms with van der Waals surface area (Å²) in [5.41, 5.74) is 5.50. The average Bonchev–Trinajstić information content (AvgIpc) is 2.24. The molecule has 0 unspecified atom stereocenters. The summed E-state index contributed by atoms with van der Waals surface area (Å²) in [6.07, 6.45) is 8.51. The van der Waals surface area contributed by atoms with Gasteiger partial charge in [-0.15, -0.1) is 0 Å². The largest absolute Gasteiger partial charge is 0.330 e. The Morgan fingerprint density at radius 3 is 2.06 bits per heavy atom. The van der Waals surface area contributed by atoms with E-state index < -0.39 is 0 Å². The fourth-order valence-electron chi connectivity index (χ4n) is 4.89. The molecular formula is C14H23NO. The van der Waals surface area contributed by atoms with Crippen LogP contribution in [0.2, 0.25) is 0 Å². The summed E-state index contributed by atoms with van der Waals surface area (Å²) in [7, 11) is 0. The number of carbonyl (C=O) groups excluding carboxylic acids is 1. The first-order valence-corrected chi connectivity index (χ1v) is 7.00. The van der Waals surface area contributed by atoms with Crippen LogP contribution >= 0.6 is 0 Å². The van der Waals surface area contributed by atoms with E-state index >= 15 is 0 Å². The van der Waals surface area contributed by atoms with E-state index in [1.807, 2.05) is 0 Å². The summed E-state index contributed by atoms with van der Waals surface area (Å²) in [5.74, 6) is 4.42. The van der Waals surface area contributed by atoms with Crippen molar-refractivity contribution >= 4 is 5.78 Å². The molecule has 0 spiro atoms. The van der Waals surface area contributed by atoms with Crippen molar-refractivity contribution in [2.75, 3.05) is 6.54 Å². The Kier molecular flexibility index (Phi) is 2.78. The lowest BCUT2D eigenvalue weighted by Crippen LogP contribution is -2.48. The smallest absolute Gasteiger partial charge is 0.136 e. The van der Waals surface area contributed by atoms with Crippen molar-refractivity contribution in [2.45, 2.75) is 44.9 Å². The molecule has 4 aliphatic carbocycles. The molecule has 16 heavy (non-hydrogen) atoms. The molecule has 90 valence electrons. The highest BCUT2D eigenvalue weighted by Crippen LogP contribution is 2.56. The summed E-state index contributed by atoms with van der Waals surface area (Å²) in [5, 5.41) is 0. The third-order valence-electron chi connectivity index (χ3n) is 5.23. The highest BCUT2D eigenvalue weighted by molar-refractivity contribution is 5.82. The zero-order valence-corrected chi connectivity index (χ0v) is 10.0. The molecule has 0 atom stereocenters. The topological polar surface area (TPSA) is 43.1 Å². The van der Waals surface area contributed by atoms with E-state index in [0.717, 1.165) is 36.5 Å². The minimum atomic E-state index is 0.430. The highest BCUT2D eigenvalue weighted by Gasteiger charge is 2.50. The number of ketones is 1. The number of carbonyl (C=O) groups is 1. The van der Waals surface area contributed by atoms with E-state index in [4.69, 9.17) is 5.73 Å². The fraction of sp³-hybridized carbons (Fsp3) is 0.929. The summed E-state index contributed by atoms with van der Waals surface area (Å²) >= 11 is 0. The van der Waals surface area contributed by atoms with Gasteiger partial charge in [0.25, 0.3) is 0 Å². The first-order valence-electron chi connectivity index (χ1n) is 7.00. The van der Waals surface area contributed by atoms with Gasteiger partial charge in [0, 0.05) is 12.3 Å². The highest BCUT2D eigenvalue weighted by atomic mass is 16.1. The molecule has 0 aromatic rings. The maximum Gasteiger partial charge on any atom is 0.136 e. The lowest BCUT2D eigenvalue weighted by molar-refractivity contribution is -0.135. The standard InChI is InChI=1S/C14H23NO/c15-3-1-2-13(16)14-11-5-9-4-10(7-11)8-12(14)6-9/h9-12,14H,1-8,15H2. The molecule has 4 saturated carbocycles. The molecule has 0 radical (unpaired) electrons. The Morgan fingerprint density at radius 2 is 1.56 bits per heavy atom. The van der Waals surface area contributed by atoms with Crippen LogP contribution in [0.4, 0.5) is 0 Å². The van der Waals surface area contributed by atoms with Crippen LogP contribution in [0.25, 0.3) is 0 Å². The summed E-state index contributed by atoms with van der Waals surface area (Å²) < 4.78 is 0. The maximum atomic E-state index is 12.2. The monoisotopic (exact) mass is 221 g/mol. The number of rotatable bonds is 4. The lowest BCUT2D eigenvalue weighted by atomic mass is 9.51. The number of Topliss-reactive ketones (excluding diaryl/α,β-unsaturated/α-hetero) is 1. The molecule has 0 heterocycles. The van der Waals surface area contributed by atoms with Gasteiger partial charge in [-0.2, -0.15) is 0 Å². The number of hydrogen-bond acceptors (Lipinski definition) is 2. The first-order chi connectivity index (χ1) is 7.78. The third kappa shape index (κ3) is 1.71. The van der Waals surface area contributed by atoms with E-state index in [9.17, 15) is 4.79 Å². The van der Waals surface area contributed by atoms with Gasteiger partial charge in [-0.25, -0.2) is 0 Å². The van der Waals surface area contributed by atoms with Gasteiger partial charge in [-0.3, -0.25) is 4.79 Å². The Bertz CT molecular complexity index is 258. The van der Waals surface area contributed by atoms with Crippen LogP contribution in [-0.2, 0) is 4.79 Å². The molecule has 2 heteroatoms. The molecule has 0 aliphatic heterocycles. The fourth-order valence-corrected chi connectivity index (χ4v) is 4.89. The molecule has 4 bridgehead atoms. The van der Waals surface area contributed by atoms with E-state index in [0.29, 0.717) is 18.2 Å². The van der Waals surface area contributed by atoms with E-state index in [-0.39, 0.29) is 0 Å². The average molecular weight is 221 g/mol. The minimum absolute atomic E-state index is 0.430. The van der Waals surface area contributed by atoms with Crippen molar-refractivity contribution in [1.82, 2.24) is 0 Å². The summed E-state index contributed by atoms with van der Waals surface area (Å²) in [6, 6.07) is 0.